The first-order valence-corrected chi connectivity index (χ1v) is 4.21. The van der Waals surface area contributed by atoms with Crippen molar-refractivity contribution in [2.45, 2.75) is 39.0 Å². The number of allylic oxidation sites excluding steroid dienone is 4. The minimum atomic E-state index is 1.27. The SMILES string of the molecule is CC1=CCC2=C(CCC2)C1. The van der Waals surface area contributed by atoms with Gasteiger partial charge < -0.3 is 0 Å². The van der Waals surface area contributed by atoms with Gasteiger partial charge >= 0.3 is 0 Å². The van der Waals surface area contributed by atoms with Crippen LogP contribution in [-0.4, -0.2) is 0 Å². The van der Waals surface area contributed by atoms with Crippen molar-refractivity contribution in [2.75, 3.05) is 0 Å². The van der Waals surface area contributed by atoms with Crippen LogP contribution in [0.1, 0.15) is 39.0 Å². The van der Waals surface area contributed by atoms with E-state index in [9.17, 15) is 0 Å². The van der Waals surface area contributed by atoms with E-state index in [2.05, 4.69) is 13.0 Å². The van der Waals surface area contributed by atoms with Gasteiger partial charge in [0.05, 0.1) is 0 Å². The van der Waals surface area contributed by atoms with Gasteiger partial charge in [-0.25, -0.2) is 0 Å². The maximum atomic E-state index is 2.39. The van der Waals surface area contributed by atoms with Crippen LogP contribution >= 0.6 is 0 Å². The standard InChI is InChI=1S/C10H14/c1-8-5-6-9-3-2-4-10(9)7-8/h5H,2-4,6-7H2,1H3. The zero-order valence-electron chi connectivity index (χ0n) is 6.61. The van der Waals surface area contributed by atoms with Gasteiger partial charge in [0, 0.05) is 0 Å². The Bertz CT molecular complexity index is 206. The van der Waals surface area contributed by atoms with E-state index in [4.69, 9.17) is 0 Å². The molecule has 0 saturated carbocycles. The van der Waals surface area contributed by atoms with Crippen LogP contribution < -0.4 is 0 Å². The van der Waals surface area contributed by atoms with Crippen LogP contribution in [0.4, 0.5) is 0 Å². The molecule has 2 rings (SSSR count). The molecule has 10 heavy (non-hydrogen) atoms. The third-order valence-electron chi connectivity index (χ3n) is 2.65. The highest BCUT2D eigenvalue weighted by molar-refractivity contribution is 5.31. The average molecular weight is 134 g/mol. The lowest BCUT2D eigenvalue weighted by molar-refractivity contribution is 0.880. The Hall–Kier alpha value is -0.520. The molecule has 0 heterocycles. The third kappa shape index (κ3) is 0.920. The van der Waals surface area contributed by atoms with Crippen LogP contribution in [0.5, 0.6) is 0 Å². The second-order valence-corrected chi connectivity index (χ2v) is 3.49. The molecule has 2 aliphatic carbocycles. The van der Waals surface area contributed by atoms with Crippen LogP contribution in [0.2, 0.25) is 0 Å². The van der Waals surface area contributed by atoms with Crippen LogP contribution in [0, 0.1) is 0 Å². The third-order valence-corrected chi connectivity index (χ3v) is 2.65. The fraction of sp³-hybridized carbons (Fsp3) is 0.600. The van der Waals surface area contributed by atoms with Gasteiger partial charge in [-0.2, -0.15) is 0 Å². The lowest BCUT2D eigenvalue weighted by Gasteiger charge is -2.11. The molecular weight excluding hydrogens is 120 g/mol. The molecule has 0 aliphatic heterocycles. The first-order chi connectivity index (χ1) is 4.86. The van der Waals surface area contributed by atoms with Crippen molar-refractivity contribution >= 4 is 0 Å². The molecule has 0 N–H and O–H groups in total. The van der Waals surface area contributed by atoms with Gasteiger partial charge in [0.25, 0.3) is 0 Å². The summed E-state index contributed by atoms with van der Waals surface area (Å²) in [5, 5.41) is 0. The molecule has 0 aromatic rings. The minimum absolute atomic E-state index is 1.27. The van der Waals surface area contributed by atoms with Crippen LogP contribution in [0.15, 0.2) is 22.8 Å². The van der Waals surface area contributed by atoms with Gasteiger partial charge in [-0.05, 0) is 39.0 Å². The molecule has 0 saturated heterocycles. The minimum Gasteiger partial charge on any atom is -0.0812 e. The molecule has 0 aromatic carbocycles. The summed E-state index contributed by atoms with van der Waals surface area (Å²) in [4.78, 5) is 0. The number of hydrogen-bond acceptors (Lipinski definition) is 0. The largest absolute Gasteiger partial charge is 0.0812 e. The van der Waals surface area contributed by atoms with E-state index in [0.717, 1.165) is 0 Å². The van der Waals surface area contributed by atoms with Gasteiger partial charge in [0.15, 0.2) is 0 Å². The molecule has 0 unspecified atom stereocenters. The highest BCUT2D eigenvalue weighted by Gasteiger charge is 2.16. The van der Waals surface area contributed by atoms with E-state index in [1.165, 1.54) is 32.1 Å². The summed E-state index contributed by atoms with van der Waals surface area (Å²) in [5.41, 5.74) is 5.10. The molecule has 0 amide bonds. The highest BCUT2D eigenvalue weighted by Crippen LogP contribution is 2.36. The Labute approximate surface area is 62.6 Å². The predicted molar refractivity (Wildman–Crippen MR) is 43.9 cm³/mol. The molecule has 0 nitrogen and oxygen atoms in total. The van der Waals surface area contributed by atoms with E-state index < -0.39 is 0 Å². The molecule has 0 spiro atoms. The molecule has 0 bridgehead atoms. The average Bonchev–Trinajstić information content (AvgIpc) is 2.33. The van der Waals surface area contributed by atoms with E-state index in [1.54, 1.807) is 16.7 Å². The monoisotopic (exact) mass is 134 g/mol. The second kappa shape index (κ2) is 2.26. The van der Waals surface area contributed by atoms with Crippen LogP contribution in [0.25, 0.3) is 0 Å². The molecule has 0 atom stereocenters. The molecule has 54 valence electrons. The van der Waals surface area contributed by atoms with Gasteiger partial charge in [-0.3, -0.25) is 0 Å². The van der Waals surface area contributed by atoms with Crippen molar-refractivity contribution in [2.24, 2.45) is 0 Å². The van der Waals surface area contributed by atoms with Crippen molar-refractivity contribution in [3.63, 3.8) is 0 Å². The normalized spacial score (nSPS) is 24.7. The van der Waals surface area contributed by atoms with Gasteiger partial charge in [0.2, 0.25) is 0 Å². The van der Waals surface area contributed by atoms with E-state index >= 15 is 0 Å². The molecule has 2 aliphatic rings. The summed E-state index contributed by atoms with van der Waals surface area (Å²) < 4.78 is 0. The molecular formula is C10H14. The van der Waals surface area contributed by atoms with Crippen molar-refractivity contribution in [1.29, 1.82) is 0 Å². The van der Waals surface area contributed by atoms with Crippen LogP contribution in [-0.2, 0) is 0 Å². The van der Waals surface area contributed by atoms with Gasteiger partial charge in [-0.1, -0.05) is 22.8 Å². The lowest BCUT2D eigenvalue weighted by atomic mass is 9.95. The molecule has 0 aromatic heterocycles. The number of rotatable bonds is 0. The zero-order valence-corrected chi connectivity index (χ0v) is 6.61. The molecule has 0 heteroatoms. The van der Waals surface area contributed by atoms with E-state index in [-0.39, 0.29) is 0 Å². The Kier molecular flexibility index (Phi) is 1.40. The van der Waals surface area contributed by atoms with E-state index in [0.29, 0.717) is 0 Å². The Morgan fingerprint density at radius 2 is 2.00 bits per heavy atom. The summed E-state index contributed by atoms with van der Waals surface area (Å²) in [5.74, 6) is 0. The van der Waals surface area contributed by atoms with Gasteiger partial charge in [-0.15, -0.1) is 0 Å². The maximum Gasteiger partial charge on any atom is -0.0108 e. The van der Waals surface area contributed by atoms with E-state index in [1.807, 2.05) is 0 Å². The van der Waals surface area contributed by atoms with Crippen molar-refractivity contribution in [1.82, 2.24) is 0 Å². The van der Waals surface area contributed by atoms with Crippen molar-refractivity contribution < 1.29 is 0 Å². The Balaban J connectivity index is 2.18. The smallest absolute Gasteiger partial charge is 0.0108 e. The maximum absolute atomic E-state index is 2.39. The first-order valence-electron chi connectivity index (χ1n) is 4.21. The molecule has 0 radical (unpaired) electrons. The predicted octanol–water partition coefficient (Wildman–Crippen LogP) is 3.21. The highest BCUT2D eigenvalue weighted by atomic mass is 14.2. The second-order valence-electron chi connectivity index (χ2n) is 3.49. The fourth-order valence-corrected chi connectivity index (χ4v) is 2.03. The Morgan fingerprint density at radius 3 is 2.90 bits per heavy atom. The van der Waals surface area contributed by atoms with Crippen molar-refractivity contribution in [3.05, 3.63) is 22.8 Å². The summed E-state index contributed by atoms with van der Waals surface area (Å²) in [6.45, 7) is 2.25. The zero-order chi connectivity index (χ0) is 6.97. The lowest BCUT2D eigenvalue weighted by Crippen LogP contribution is -1.91. The summed E-state index contributed by atoms with van der Waals surface area (Å²) in [7, 11) is 0. The van der Waals surface area contributed by atoms with Gasteiger partial charge in [0.1, 0.15) is 0 Å². The first kappa shape index (κ1) is 6.21. The van der Waals surface area contributed by atoms with Crippen molar-refractivity contribution in [3.8, 4) is 0 Å². The quantitative estimate of drug-likeness (QED) is 0.446. The summed E-state index contributed by atoms with van der Waals surface area (Å²) >= 11 is 0. The molecule has 0 fully saturated rings. The Morgan fingerprint density at radius 1 is 1.20 bits per heavy atom. The van der Waals surface area contributed by atoms with Crippen LogP contribution in [0.3, 0.4) is 0 Å². The summed E-state index contributed by atoms with van der Waals surface area (Å²) in [6, 6.07) is 0. The summed E-state index contributed by atoms with van der Waals surface area (Å²) in [6.07, 6.45) is 9.14. The fourth-order valence-electron chi connectivity index (χ4n) is 2.03. The number of hydrogen-bond donors (Lipinski definition) is 0. The topological polar surface area (TPSA) is 0 Å².